The number of carbonyl (C=O) groups is 2. The highest BCUT2D eigenvalue weighted by Gasteiger charge is 2.33. The quantitative estimate of drug-likeness (QED) is 0.343. The van der Waals surface area contributed by atoms with Crippen molar-refractivity contribution in [2.24, 2.45) is 11.0 Å². The molecule has 1 fully saturated rings. The highest BCUT2D eigenvalue weighted by atomic mass is 16.6. The number of azide groups is 1. The number of amides is 1. The molecule has 0 heterocycles. The number of nitrogens with zero attached hydrogens (tertiary/aromatic N) is 3. The molecule has 1 aliphatic rings. The first-order valence-electron chi connectivity index (χ1n) is 8.38. The van der Waals surface area contributed by atoms with Crippen molar-refractivity contribution in [3.8, 4) is 0 Å². The maximum absolute atomic E-state index is 12.1. The first kappa shape index (κ1) is 20.1. The molecular weight excluding hydrogens is 312 g/mol. The van der Waals surface area contributed by atoms with Crippen LogP contribution in [0.2, 0.25) is 0 Å². The van der Waals surface area contributed by atoms with E-state index in [-0.39, 0.29) is 0 Å². The predicted molar refractivity (Wildman–Crippen MR) is 89.3 cm³/mol. The van der Waals surface area contributed by atoms with Crippen LogP contribution in [0.3, 0.4) is 0 Å². The summed E-state index contributed by atoms with van der Waals surface area (Å²) in [4.78, 5) is 26.8. The van der Waals surface area contributed by atoms with Crippen molar-refractivity contribution in [3.05, 3.63) is 10.4 Å². The fourth-order valence-electron chi connectivity index (χ4n) is 2.98. The molecule has 1 aliphatic carbocycles. The molecule has 0 saturated heterocycles. The maximum atomic E-state index is 12.1. The van der Waals surface area contributed by atoms with Gasteiger partial charge >= 0.3 is 12.1 Å². The van der Waals surface area contributed by atoms with Gasteiger partial charge in [-0.2, -0.15) is 0 Å². The van der Waals surface area contributed by atoms with Crippen LogP contribution in [0.25, 0.3) is 10.4 Å². The summed E-state index contributed by atoms with van der Waals surface area (Å²) in [5.74, 6) is -0.288. The Bertz CT molecular complexity index is 477. The second kappa shape index (κ2) is 9.37. The largest absolute Gasteiger partial charge is 0.469 e. The minimum Gasteiger partial charge on any atom is -0.469 e. The molecule has 136 valence electrons. The third kappa shape index (κ3) is 7.08. The van der Waals surface area contributed by atoms with Gasteiger partial charge in [-0.05, 0) is 38.6 Å². The Kier molecular flexibility index (Phi) is 7.85. The highest BCUT2D eigenvalue weighted by molar-refractivity contribution is 5.78. The van der Waals surface area contributed by atoms with E-state index in [9.17, 15) is 9.59 Å². The normalized spacial score (nSPS) is 18.0. The Balaban J connectivity index is 2.88. The first-order chi connectivity index (χ1) is 11.3. The molecule has 1 amide bonds. The first-order valence-corrected chi connectivity index (χ1v) is 8.38. The van der Waals surface area contributed by atoms with E-state index in [1.165, 1.54) is 13.5 Å². The molecule has 0 unspecified atom stereocenters. The molecule has 0 aliphatic heterocycles. The third-order valence-electron chi connectivity index (χ3n) is 4.01. The van der Waals surface area contributed by atoms with Crippen LogP contribution in [0.1, 0.15) is 59.3 Å². The minimum absolute atomic E-state index is 0.375. The molecule has 0 spiro atoms. The Morgan fingerprint density at radius 1 is 1.29 bits per heavy atom. The van der Waals surface area contributed by atoms with Crippen molar-refractivity contribution in [1.82, 2.24) is 5.32 Å². The Labute approximate surface area is 142 Å². The molecule has 0 aromatic carbocycles. The van der Waals surface area contributed by atoms with Gasteiger partial charge in [-0.3, -0.25) is 4.79 Å². The number of hydrogen-bond donors (Lipinski definition) is 1. The number of esters is 1. The van der Waals surface area contributed by atoms with E-state index in [1.54, 1.807) is 20.8 Å². The summed E-state index contributed by atoms with van der Waals surface area (Å²) in [7, 11) is 1.23. The number of nitrogens with one attached hydrogen (secondary N) is 1. The van der Waals surface area contributed by atoms with E-state index in [0.717, 1.165) is 25.7 Å². The van der Waals surface area contributed by atoms with Crippen molar-refractivity contribution < 1.29 is 19.1 Å². The summed E-state index contributed by atoms with van der Waals surface area (Å²) in [5, 5.41) is 6.24. The molecule has 1 saturated carbocycles. The van der Waals surface area contributed by atoms with Gasteiger partial charge in [-0.25, -0.2) is 4.79 Å². The van der Waals surface area contributed by atoms with E-state index < -0.39 is 29.7 Å². The van der Waals surface area contributed by atoms with Crippen LogP contribution >= 0.6 is 0 Å². The average Bonchev–Trinajstić information content (AvgIpc) is 2.50. The van der Waals surface area contributed by atoms with Gasteiger partial charge in [-0.1, -0.05) is 37.2 Å². The van der Waals surface area contributed by atoms with Crippen molar-refractivity contribution >= 4 is 12.1 Å². The number of ether oxygens (including phenoxy) is 2. The topological polar surface area (TPSA) is 113 Å². The predicted octanol–water partition coefficient (Wildman–Crippen LogP) is 3.70. The summed E-state index contributed by atoms with van der Waals surface area (Å²) in [5.41, 5.74) is 8.11. The van der Waals surface area contributed by atoms with Crippen LogP contribution in [0.4, 0.5) is 4.79 Å². The van der Waals surface area contributed by atoms with E-state index >= 15 is 0 Å². The van der Waals surface area contributed by atoms with Crippen molar-refractivity contribution in [2.75, 3.05) is 7.11 Å². The number of alkyl carbamates (subject to hydrolysis) is 1. The number of carbonyl (C=O) groups excluding carboxylic acids is 2. The molecule has 0 bridgehead atoms. The number of rotatable bonds is 6. The molecule has 24 heavy (non-hydrogen) atoms. The fraction of sp³-hybridized carbons (Fsp3) is 0.875. The molecular formula is C16H28N4O4. The van der Waals surface area contributed by atoms with E-state index in [1.807, 2.05) is 0 Å². The van der Waals surface area contributed by atoms with Gasteiger partial charge in [0, 0.05) is 4.91 Å². The lowest BCUT2D eigenvalue weighted by atomic mass is 9.83. The lowest BCUT2D eigenvalue weighted by Gasteiger charge is -2.30. The van der Waals surface area contributed by atoms with Gasteiger partial charge in [-0.15, -0.1) is 0 Å². The second-order valence-electron chi connectivity index (χ2n) is 7.17. The molecule has 0 aromatic heterocycles. The van der Waals surface area contributed by atoms with Gasteiger partial charge in [0.15, 0.2) is 6.04 Å². The smallest absolute Gasteiger partial charge is 0.407 e. The minimum atomic E-state index is -1.10. The van der Waals surface area contributed by atoms with Crippen LogP contribution in [0, 0.1) is 5.92 Å². The summed E-state index contributed by atoms with van der Waals surface area (Å²) < 4.78 is 9.98. The SMILES string of the molecule is COC(=O)[C@H](N=[N+]=[N-])[C@H](CC1CCCCC1)NC(=O)OC(C)(C)C. The van der Waals surface area contributed by atoms with Crippen LogP contribution in [-0.2, 0) is 14.3 Å². The Morgan fingerprint density at radius 3 is 2.42 bits per heavy atom. The Hall–Kier alpha value is -1.95. The molecule has 0 aromatic rings. The van der Waals surface area contributed by atoms with E-state index in [2.05, 4.69) is 15.3 Å². The van der Waals surface area contributed by atoms with Crippen LogP contribution in [0.15, 0.2) is 5.11 Å². The van der Waals surface area contributed by atoms with Crippen LogP contribution in [-0.4, -0.2) is 36.9 Å². The van der Waals surface area contributed by atoms with E-state index in [4.69, 9.17) is 15.0 Å². The zero-order chi connectivity index (χ0) is 18.2. The van der Waals surface area contributed by atoms with Crippen LogP contribution < -0.4 is 5.32 Å². The molecule has 0 radical (unpaired) electrons. The number of hydrogen-bond acceptors (Lipinski definition) is 5. The van der Waals surface area contributed by atoms with Gasteiger partial charge in [0.2, 0.25) is 0 Å². The third-order valence-corrected chi connectivity index (χ3v) is 4.01. The standard InChI is InChI=1S/C16H28N4O4/c1-16(2,3)24-15(22)18-12(10-11-8-6-5-7-9-11)13(19-20-17)14(21)23-4/h11-13H,5-10H2,1-4H3,(H,18,22)/t12-,13+/m0/s1. The maximum Gasteiger partial charge on any atom is 0.407 e. The van der Waals surface area contributed by atoms with Gasteiger partial charge < -0.3 is 14.8 Å². The van der Waals surface area contributed by atoms with Crippen LogP contribution in [0.5, 0.6) is 0 Å². The molecule has 2 atom stereocenters. The van der Waals surface area contributed by atoms with Gasteiger partial charge in [0.1, 0.15) is 5.60 Å². The zero-order valence-corrected chi connectivity index (χ0v) is 14.9. The van der Waals surface area contributed by atoms with Crippen molar-refractivity contribution in [2.45, 2.75) is 77.0 Å². The summed E-state index contributed by atoms with van der Waals surface area (Å²) in [6.45, 7) is 5.27. The summed E-state index contributed by atoms with van der Waals surface area (Å²) >= 11 is 0. The van der Waals surface area contributed by atoms with Crippen molar-refractivity contribution in [1.29, 1.82) is 0 Å². The molecule has 8 nitrogen and oxygen atoms in total. The van der Waals surface area contributed by atoms with Gasteiger partial charge in [0.05, 0.1) is 13.2 Å². The summed E-state index contributed by atoms with van der Waals surface area (Å²) in [6, 6.07) is -1.75. The van der Waals surface area contributed by atoms with E-state index in [0.29, 0.717) is 12.3 Å². The van der Waals surface area contributed by atoms with Crippen molar-refractivity contribution in [3.63, 3.8) is 0 Å². The number of methoxy groups -OCH3 is 1. The molecule has 1 rings (SSSR count). The monoisotopic (exact) mass is 340 g/mol. The highest BCUT2D eigenvalue weighted by Crippen LogP contribution is 2.28. The molecule has 1 N–H and O–H groups in total. The lowest BCUT2D eigenvalue weighted by Crippen LogP contribution is -2.48. The molecule has 8 heteroatoms. The lowest BCUT2D eigenvalue weighted by molar-refractivity contribution is -0.142. The second-order valence-corrected chi connectivity index (χ2v) is 7.17. The Morgan fingerprint density at radius 2 is 1.92 bits per heavy atom. The summed E-state index contributed by atoms with van der Waals surface area (Å²) in [6.07, 6.45) is 5.47. The van der Waals surface area contributed by atoms with Gasteiger partial charge in [0.25, 0.3) is 0 Å². The fourth-order valence-corrected chi connectivity index (χ4v) is 2.98. The zero-order valence-electron chi connectivity index (χ0n) is 14.9. The average molecular weight is 340 g/mol.